The summed E-state index contributed by atoms with van der Waals surface area (Å²) in [6.45, 7) is 4.53. The quantitative estimate of drug-likeness (QED) is 0.418. The maximum atomic E-state index is 13.7. The van der Waals surface area contributed by atoms with Gasteiger partial charge in [-0.1, -0.05) is 44.2 Å². The van der Waals surface area contributed by atoms with Crippen LogP contribution < -0.4 is 23.8 Å². The van der Waals surface area contributed by atoms with Crippen LogP contribution in [0.5, 0.6) is 17.2 Å². The molecule has 1 unspecified atom stereocenters. The fourth-order valence-electron chi connectivity index (χ4n) is 4.18. The molecule has 1 heterocycles. The molecule has 1 aliphatic rings. The Labute approximate surface area is 218 Å². The SMILES string of the molecule is COc1ccc(C(CC(C)C)NC(=O)CN(c2ccc3c(c2)OCCO3)S(=O)(=O)c2ccccc2)cc1. The molecule has 3 aromatic rings. The van der Waals surface area contributed by atoms with Crippen LogP contribution in [-0.2, 0) is 14.8 Å². The van der Waals surface area contributed by atoms with Crippen molar-refractivity contribution >= 4 is 21.6 Å². The molecule has 37 heavy (non-hydrogen) atoms. The summed E-state index contributed by atoms with van der Waals surface area (Å²) in [6.07, 6.45) is 0.688. The molecule has 0 spiro atoms. The highest BCUT2D eigenvalue weighted by molar-refractivity contribution is 7.92. The highest BCUT2D eigenvalue weighted by Gasteiger charge is 2.29. The van der Waals surface area contributed by atoms with Gasteiger partial charge in [-0.15, -0.1) is 0 Å². The van der Waals surface area contributed by atoms with E-state index in [1.807, 2.05) is 24.3 Å². The minimum absolute atomic E-state index is 0.0894. The number of anilines is 1. The molecule has 1 amide bonds. The molecule has 4 rings (SSSR count). The number of nitrogens with zero attached hydrogens (tertiary/aromatic N) is 1. The van der Waals surface area contributed by atoms with Gasteiger partial charge in [0.1, 0.15) is 25.5 Å². The van der Waals surface area contributed by atoms with Crippen LogP contribution in [0.15, 0.2) is 77.7 Å². The van der Waals surface area contributed by atoms with Gasteiger partial charge in [-0.3, -0.25) is 9.10 Å². The number of sulfonamides is 1. The second-order valence-electron chi connectivity index (χ2n) is 9.18. The number of fused-ring (bicyclic) bond motifs is 1. The van der Waals surface area contributed by atoms with Gasteiger partial charge in [0.05, 0.1) is 23.7 Å². The lowest BCUT2D eigenvalue weighted by Gasteiger charge is -2.28. The van der Waals surface area contributed by atoms with Gasteiger partial charge in [0.25, 0.3) is 10.0 Å². The van der Waals surface area contributed by atoms with Gasteiger partial charge in [0, 0.05) is 6.07 Å². The molecular weight excluding hydrogens is 492 g/mol. The number of benzene rings is 3. The molecule has 1 aliphatic heterocycles. The van der Waals surface area contributed by atoms with Crippen LogP contribution >= 0.6 is 0 Å². The number of amides is 1. The van der Waals surface area contributed by atoms with E-state index in [0.717, 1.165) is 15.6 Å². The summed E-state index contributed by atoms with van der Waals surface area (Å²) < 4.78 is 45.0. The lowest BCUT2D eigenvalue weighted by atomic mass is 9.97. The number of carbonyl (C=O) groups is 1. The predicted octanol–water partition coefficient (Wildman–Crippen LogP) is 4.57. The number of nitrogens with one attached hydrogen (secondary N) is 1. The van der Waals surface area contributed by atoms with Gasteiger partial charge < -0.3 is 19.5 Å². The monoisotopic (exact) mass is 524 g/mol. The van der Waals surface area contributed by atoms with Gasteiger partial charge in [0.2, 0.25) is 5.91 Å². The van der Waals surface area contributed by atoms with Crippen LogP contribution in [0.4, 0.5) is 5.69 Å². The van der Waals surface area contributed by atoms with Crippen molar-refractivity contribution in [2.75, 3.05) is 31.2 Å². The van der Waals surface area contributed by atoms with E-state index in [9.17, 15) is 13.2 Å². The fourth-order valence-corrected chi connectivity index (χ4v) is 5.61. The summed E-state index contributed by atoms with van der Waals surface area (Å²) in [5, 5.41) is 3.05. The van der Waals surface area contributed by atoms with Crippen molar-refractivity contribution in [3.8, 4) is 17.2 Å². The number of rotatable bonds is 10. The molecule has 0 bridgehead atoms. The number of hydrogen-bond donors (Lipinski definition) is 1. The van der Waals surface area contributed by atoms with E-state index in [0.29, 0.717) is 42.7 Å². The first kappa shape index (κ1) is 26.3. The average molecular weight is 525 g/mol. The number of hydrogen-bond acceptors (Lipinski definition) is 6. The Kier molecular flexibility index (Phi) is 8.23. The Morgan fingerprint density at radius 2 is 1.65 bits per heavy atom. The van der Waals surface area contributed by atoms with Crippen molar-refractivity contribution in [2.45, 2.75) is 31.2 Å². The van der Waals surface area contributed by atoms with E-state index in [1.54, 1.807) is 43.5 Å². The summed E-state index contributed by atoms with van der Waals surface area (Å²) in [4.78, 5) is 13.5. The van der Waals surface area contributed by atoms with Crippen LogP contribution in [0.3, 0.4) is 0 Å². The zero-order chi connectivity index (χ0) is 26.4. The van der Waals surface area contributed by atoms with Gasteiger partial charge >= 0.3 is 0 Å². The zero-order valence-electron chi connectivity index (χ0n) is 21.2. The van der Waals surface area contributed by atoms with E-state index in [-0.39, 0.29) is 10.9 Å². The third-order valence-electron chi connectivity index (χ3n) is 5.99. The topological polar surface area (TPSA) is 94.2 Å². The van der Waals surface area contributed by atoms with Crippen molar-refractivity contribution < 1.29 is 27.4 Å². The van der Waals surface area contributed by atoms with Crippen LogP contribution in [-0.4, -0.2) is 41.2 Å². The second kappa shape index (κ2) is 11.6. The minimum atomic E-state index is -4.05. The molecule has 0 saturated carbocycles. The molecule has 0 saturated heterocycles. The van der Waals surface area contributed by atoms with E-state index < -0.39 is 22.5 Å². The molecule has 9 heteroatoms. The largest absolute Gasteiger partial charge is 0.497 e. The highest BCUT2D eigenvalue weighted by atomic mass is 32.2. The average Bonchev–Trinajstić information content (AvgIpc) is 2.91. The van der Waals surface area contributed by atoms with Gasteiger partial charge in [-0.25, -0.2) is 8.42 Å². The maximum Gasteiger partial charge on any atom is 0.264 e. The molecule has 0 aliphatic carbocycles. The Morgan fingerprint density at radius 3 is 2.30 bits per heavy atom. The van der Waals surface area contributed by atoms with Crippen molar-refractivity contribution in [2.24, 2.45) is 5.92 Å². The van der Waals surface area contributed by atoms with Crippen molar-refractivity contribution in [3.63, 3.8) is 0 Å². The Bertz CT molecular complexity index is 1310. The van der Waals surface area contributed by atoms with Crippen LogP contribution in [0, 0.1) is 5.92 Å². The molecule has 0 fully saturated rings. The first-order chi connectivity index (χ1) is 17.8. The van der Waals surface area contributed by atoms with E-state index in [1.165, 1.54) is 12.1 Å². The van der Waals surface area contributed by atoms with Crippen LogP contribution in [0.1, 0.15) is 31.9 Å². The standard InChI is InChI=1S/C28H32N2O6S/c1-20(2)17-25(21-9-12-23(34-3)13-10-21)29-28(31)19-30(37(32,33)24-7-5-4-6-8-24)22-11-14-26-27(18-22)36-16-15-35-26/h4-14,18,20,25H,15-17,19H2,1-3H3,(H,29,31). The lowest BCUT2D eigenvalue weighted by Crippen LogP contribution is -2.42. The van der Waals surface area contributed by atoms with E-state index >= 15 is 0 Å². The first-order valence-corrected chi connectivity index (χ1v) is 13.6. The normalized spacial score (nSPS) is 13.6. The van der Waals surface area contributed by atoms with Gasteiger partial charge in [-0.05, 0) is 54.3 Å². The van der Waals surface area contributed by atoms with Gasteiger partial charge in [0.15, 0.2) is 11.5 Å². The molecular formula is C28H32N2O6S. The summed E-state index contributed by atoms with van der Waals surface area (Å²) >= 11 is 0. The van der Waals surface area contributed by atoms with Crippen molar-refractivity contribution in [1.29, 1.82) is 0 Å². The summed E-state index contributed by atoms with van der Waals surface area (Å²) in [5.74, 6) is 1.57. The Hall–Kier alpha value is -3.72. The molecule has 0 aromatic heterocycles. The summed E-state index contributed by atoms with van der Waals surface area (Å²) in [7, 11) is -2.45. The third kappa shape index (κ3) is 6.35. The molecule has 1 atom stereocenters. The second-order valence-corrected chi connectivity index (χ2v) is 11.0. The minimum Gasteiger partial charge on any atom is -0.497 e. The predicted molar refractivity (Wildman–Crippen MR) is 142 cm³/mol. The Balaban J connectivity index is 1.64. The number of carbonyl (C=O) groups excluding carboxylic acids is 1. The molecule has 0 radical (unpaired) electrons. The lowest BCUT2D eigenvalue weighted by molar-refractivity contribution is -0.120. The highest BCUT2D eigenvalue weighted by Crippen LogP contribution is 2.36. The van der Waals surface area contributed by atoms with Crippen LogP contribution in [0.2, 0.25) is 0 Å². The van der Waals surface area contributed by atoms with Crippen LogP contribution in [0.25, 0.3) is 0 Å². The summed E-state index contributed by atoms with van der Waals surface area (Å²) in [5.41, 5.74) is 1.23. The molecule has 8 nitrogen and oxygen atoms in total. The fraction of sp³-hybridized carbons (Fsp3) is 0.321. The molecule has 1 N–H and O–H groups in total. The smallest absolute Gasteiger partial charge is 0.264 e. The van der Waals surface area contributed by atoms with E-state index in [2.05, 4.69) is 19.2 Å². The summed E-state index contributed by atoms with van der Waals surface area (Å²) in [6, 6.07) is 20.2. The molecule has 196 valence electrons. The number of ether oxygens (including phenoxy) is 3. The third-order valence-corrected chi connectivity index (χ3v) is 7.78. The maximum absolute atomic E-state index is 13.7. The van der Waals surface area contributed by atoms with Crippen molar-refractivity contribution in [3.05, 3.63) is 78.4 Å². The van der Waals surface area contributed by atoms with Crippen molar-refractivity contribution in [1.82, 2.24) is 5.32 Å². The van der Waals surface area contributed by atoms with Gasteiger partial charge in [-0.2, -0.15) is 0 Å². The number of methoxy groups -OCH3 is 1. The molecule has 3 aromatic carbocycles. The van der Waals surface area contributed by atoms with E-state index in [4.69, 9.17) is 14.2 Å². The Morgan fingerprint density at radius 1 is 0.973 bits per heavy atom. The zero-order valence-corrected chi connectivity index (χ0v) is 22.0. The first-order valence-electron chi connectivity index (χ1n) is 12.2.